The van der Waals surface area contributed by atoms with Crippen molar-refractivity contribution in [3.8, 4) is 0 Å². The molecule has 3 rings (SSSR count). The van der Waals surface area contributed by atoms with E-state index in [1.165, 1.54) is 45.2 Å². The molecule has 2 aliphatic heterocycles. The molecule has 0 aromatic carbocycles. The fourth-order valence-corrected chi connectivity index (χ4v) is 3.66. The van der Waals surface area contributed by atoms with E-state index in [4.69, 9.17) is 4.74 Å². The fraction of sp³-hybridized carbons (Fsp3) is 1.00. The van der Waals surface area contributed by atoms with E-state index < -0.39 is 0 Å². The molecule has 0 radical (unpaired) electrons. The molecule has 1 aliphatic carbocycles. The van der Waals surface area contributed by atoms with Crippen LogP contribution in [0.15, 0.2) is 0 Å². The number of hydrogen-bond donors (Lipinski definition) is 1. The van der Waals surface area contributed by atoms with Gasteiger partial charge in [-0.05, 0) is 62.4 Å². The molecule has 1 spiro atoms. The zero-order valence-electron chi connectivity index (χ0n) is 8.93. The Kier molecular flexibility index (Phi) is 2.29. The Hall–Kier alpha value is -0.0800. The molecule has 0 aromatic rings. The molecule has 1 unspecified atom stereocenters. The van der Waals surface area contributed by atoms with Crippen LogP contribution in [0.4, 0.5) is 0 Å². The maximum absolute atomic E-state index is 5.44. The van der Waals surface area contributed by atoms with Gasteiger partial charge in [0.05, 0.1) is 0 Å². The molecule has 1 saturated carbocycles. The first-order valence-electron chi connectivity index (χ1n) is 6.19. The number of ether oxygens (including phenoxy) is 1. The summed E-state index contributed by atoms with van der Waals surface area (Å²) in [4.78, 5) is 0. The van der Waals surface area contributed by atoms with Gasteiger partial charge in [0, 0.05) is 13.2 Å². The number of rotatable bonds is 1. The summed E-state index contributed by atoms with van der Waals surface area (Å²) in [5.41, 5.74) is 0.785. The fourth-order valence-electron chi connectivity index (χ4n) is 3.66. The van der Waals surface area contributed by atoms with Crippen LogP contribution in [0.25, 0.3) is 0 Å². The first-order valence-corrected chi connectivity index (χ1v) is 6.19. The van der Waals surface area contributed by atoms with E-state index in [-0.39, 0.29) is 0 Å². The summed E-state index contributed by atoms with van der Waals surface area (Å²) in [7, 11) is 0. The molecule has 1 N–H and O–H groups in total. The second-order valence-electron chi connectivity index (χ2n) is 5.37. The summed E-state index contributed by atoms with van der Waals surface area (Å²) in [6, 6.07) is 0. The first kappa shape index (κ1) is 9.17. The molecule has 2 heteroatoms. The first-order chi connectivity index (χ1) is 6.91. The van der Waals surface area contributed by atoms with Crippen molar-refractivity contribution in [2.75, 3.05) is 26.3 Å². The van der Waals surface area contributed by atoms with Gasteiger partial charge in [-0.3, -0.25) is 0 Å². The highest BCUT2D eigenvalue weighted by Crippen LogP contribution is 2.63. The van der Waals surface area contributed by atoms with Crippen LogP contribution in [0, 0.1) is 17.3 Å². The quantitative estimate of drug-likeness (QED) is 0.689. The number of hydrogen-bond acceptors (Lipinski definition) is 2. The van der Waals surface area contributed by atoms with Crippen LogP contribution in [-0.4, -0.2) is 26.3 Å². The van der Waals surface area contributed by atoms with Crippen molar-refractivity contribution >= 4 is 0 Å². The molecule has 0 aromatic heterocycles. The van der Waals surface area contributed by atoms with Crippen LogP contribution in [-0.2, 0) is 4.74 Å². The van der Waals surface area contributed by atoms with Gasteiger partial charge in [-0.25, -0.2) is 0 Å². The topological polar surface area (TPSA) is 21.3 Å². The van der Waals surface area contributed by atoms with Crippen molar-refractivity contribution < 1.29 is 4.74 Å². The third-order valence-electron chi connectivity index (χ3n) is 4.69. The Bertz CT molecular complexity index is 204. The van der Waals surface area contributed by atoms with E-state index in [1.54, 1.807) is 0 Å². The summed E-state index contributed by atoms with van der Waals surface area (Å²) in [6.45, 7) is 4.57. The molecule has 14 heavy (non-hydrogen) atoms. The molecule has 0 amide bonds. The zero-order chi connectivity index (χ0) is 9.43. The minimum absolute atomic E-state index is 0.785. The Morgan fingerprint density at radius 3 is 2.50 bits per heavy atom. The monoisotopic (exact) mass is 195 g/mol. The SMILES string of the molecule is C1CC2(CCN1)CC2C1CCOCC1. The van der Waals surface area contributed by atoms with Crippen molar-refractivity contribution in [3.63, 3.8) is 0 Å². The molecule has 0 bridgehead atoms. The standard InChI is InChI=1S/C12H21NO/c1-7-14-8-2-10(1)11-9-12(11)3-5-13-6-4-12/h10-11,13H,1-9H2. The van der Waals surface area contributed by atoms with Crippen LogP contribution >= 0.6 is 0 Å². The normalized spacial score (nSPS) is 37.3. The number of nitrogens with one attached hydrogen (secondary N) is 1. The van der Waals surface area contributed by atoms with Crippen LogP contribution in [0.3, 0.4) is 0 Å². The maximum Gasteiger partial charge on any atom is 0.0468 e. The Labute approximate surface area is 86.4 Å². The minimum Gasteiger partial charge on any atom is -0.381 e. The van der Waals surface area contributed by atoms with Crippen LogP contribution < -0.4 is 5.32 Å². The molecular formula is C12H21NO. The molecular weight excluding hydrogens is 174 g/mol. The summed E-state index contributed by atoms with van der Waals surface area (Å²) in [6.07, 6.45) is 7.07. The molecule has 3 fully saturated rings. The largest absolute Gasteiger partial charge is 0.381 e. The maximum atomic E-state index is 5.44. The van der Waals surface area contributed by atoms with Gasteiger partial charge in [0.1, 0.15) is 0 Å². The van der Waals surface area contributed by atoms with Crippen molar-refractivity contribution in [1.82, 2.24) is 5.32 Å². The van der Waals surface area contributed by atoms with Gasteiger partial charge in [-0.15, -0.1) is 0 Å². The summed E-state index contributed by atoms with van der Waals surface area (Å²) in [5, 5.41) is 3.48. The third-order valence-corrected chi connectivity index (χ3v) is 4.69. The lowest BCUT2D eigenvalue weighted by Crippen LogP contribution is -2.31. The van der Waals surface area contributed by atoms with E-state index in [2.05, 4.69) is 5.32 Å². The average Bonchev–Trinajstić information content (AvgIpc) is 2.95. The van der Waals surface area contributed by atoms with Crippen molar-refractivity contribution in [3.05, 3.63) is 0 Å². The van der Waals surface area contributed by atoms with Crippen LogP contribution in [0.5, 0.6) is 0 Å². The number of piperidine rings is 1. The highest BCUT2D eigenvalue weighted by Gasteiger charge is 2.56. The van der Waals surface area contributed by atoms with E-state index in [0.29, 0.717) is 0 Å². The van der Waals surface area contributed by atoms with Gasteiger partial charge in [-0.1, -0.05) is 0 Å². The Morgan fingerprint density at radius 2 is 1.79 bits per heavy atom. The van der Waals surface area contributed by atoms with Crippen molar-refractivity contribution in [2.24, 2.45) is 17.3 Å². The Balaban J connectivity index is 1.59. The second-order valence-corrected chi connectivity index (χ2v) is 5.37. The lowest BCUT2D eigenvalue weighted by Gasteiger charge is -2.28. The van der Waals surface area contributed by atoms with Crippen molar-refractivity contribution in [1.29, 1.82) is 0 Å². The second kappa shape index (κ2) is 3.49. The van der Waals surface area contributed by atoms with Gasteiger partial charge >= 0.3 is 0 Å². The van der Waals surface area contributed by atoms with Gasteiger partial charge < -0.3 is 10.1 Å². The Morgan fingerprint density at radius 1 is 1.07 bits per heavy atom. The third kappa shape index (κ3) is 1.49. The highest BCUT2D eigenvalue weighted by atomic mass is 16.5. The van der Waals surface area contributed by atoms with Gasteiger partial charge in [0.2, 0.25) is 0 Å². The summed E-state index contributed by atoms with van der Waals surface area (Å²) < 4.78 is 5.44. The summed E-state index contributed by atoms with van der Waals surface area (Å²) in [5.74, 6) is 2.07. The lowest BCUT2D eigenvalue weighted by atomic mass is 9.84. The summed E-state index contributed by atoms with van der Waals surface area (Å²) >= 11 is 0. The van der Waals surface area contributed by atoms with Gasteiger partial charge in [-0.2, -0.15) is 0 Å². The van der Waals surface area contributed by atoms with E-state index in [0.717, 1.165) is 30.5 Å². The predicted molar refractivity (Wildman–Crippen MR) is 56.2 cm³/mol. The lowest BCUT2D eigenvalue weighted by molar-refractivity contribution is 0.0532. The predicted octanol–water partition coefficient (Wildman–Crippen LogP) is 1.80. The molecule has 2 nitrogen and oxygen atoms in total. The smallest absolute Gasteiger partial charge is 0.0468 e. The van der Waals surface area contributed by atoms with Gasteiger partial charge in [0.25, 0.3) is 0 Å². The highest BCUT2D eigenvalue weighted by molar-refractivity contribution is 5.06. The van der Waals surface area contributed by atoms with E-state index in [1.807, 2.05) is 0 Å². The minimum atomic E-state index is 0.785. The molecule has 2 heterocycles. The molecule has 80 valence electrons. The average molecular weight is 195 g/mol. The molecule has 2 saturated heterocycles. The zero-order valence-corrected chi connectivity index (χ0v) is 8.93. The molecule has 1 atom stereocenters. The van der Waals surface area contributed by atoms with Gasteiger partial charge in [0.15, 0.2) is 0 Å². The van der Waals surface area contributed by atoms with E-state index >= 15 is 0 Å². The van der Waals surface area contributed by atoms with E-state index in [9.17, 15) is 0 Å². The molecule has 3 aliphatic rings. The van der Waals surface area contributed by atoms with Crippen LogP contribution in [0.2, 0.25) is 0 Å². The van der Waals surface area contributed by atoms with Crippen molar-refractivity contribution in [2.45, 2.75) is 32.1 Å². The van der Waals surface area contributed by atoms with Crippen LogP contribution in [0.1, 0.15) is 32.1 Å².